The molecule has 1 N–H and O–H groups in total. The Balaban J connectivity index is 1.67. The minimum absolute atomic E-state index is 0.0956. The van der Waals surface area contributed by atoms with Crippen molar-refractivity contribution in [2.45, 2.75) is 64.8 Å². The minimum Gasteiger partial charge on any atom is -0.298 e. The summed E-state index contributed by atoms with van der Waals surface area (Å²) < 4.78 is 1.44. The molecular formula is C23H33N5O. The zero-order valence-electron chi connectivity index (χ0n) is 17.6. The van der Waals surface area contributed by atoms with Gasteiger partial charge in [0.2, 0.25) is 0 Å². The van der Waals surface area contributed by atoms with E-state index in [1.165, 1.54) is 48.6 Å². The van der Waals surface area contributed by atoms with E-state index >= 15 is 0 Å². The van der Waals surface area contributed by atoms with Crippen molar-refractivity contribution in [2.75, 3.05) is 13.1 Å². The molecule has 0 saturated carbocycles. The molecule has 1 aliphatic heterocycles. The first-order valence-corrected chi connectivity index (χ1v) is 10.8. The molecule has 6 nitrogen and oxygen atoms in total. The van der Waals surface area contributed by atoms with Crippen molar-refractivity contribution < 1.29 is 0 Å². The standard InChI is InChI=1S/C23H33N5O/c1-3-12-19(2)13-8-9-14-21-25-23-24-20(17-22(29)28(23)26-21)18-27-15-10-6-4-5-7-11-16-27/h3,8-9,12,17H,1,4-7,10-11,13-16,18H2,2H3,(H,24,25,26)/b9-8-,19-12-. The Morgan fingerprint density at radius 3 is 2.59 bits per heavy atom. The van der Waals surface area contributed by atoms with Crippen LogP contribution in [0.5, 0.6) is 0 Å². The van der Waals surface area contributed by atoms with Crippen LogP contribution in [0.1, 0.15) is 63.4 Å². The first-order chi connectivity index (χ1) is 14.2. The second kappa shape index (κ2) is 10.9. The summed E-state index contributed by atoms with van der Waals surface area (Å²) in [5.41, 5.74) is 1.97. The number of H-pyrrole nitrogens is 1. The fourth-order valence-electron chi connectivity index (χ4n) is 3.75. The Kier molecular flexibility index (Phi) is 7.99. The van der Waals surface area contributed by atoms with E-state index in [1.807, 2.05) is 6.08 Å². The number of nitrogens with one attached hydrogen (secondary N) is 1. The molecule has 1 aliphatic rings. The van der Waals surface area contributed by atoms with Crippen molar-refractivity contribution in [2.24, 2.45) is 0 Å². The molecule has 6 heteroatoms. The zero-order chi connectivity index (χ0) is 20.5. The van der Waals surface area contributed by atoms with Gasteiger partial charge in [0.1, 0.15) is 5.82 Å². The van der Waals surface area contributed by atoms with E-state index in [-0.39, 0.29) is 5.56 Å². The van der Waals surface area contributed by atoms with Gasteiger partial charge in [0.25, 0.3) is 11.3 Å². The van der Waals surface area contributed by atoms with E-state index in [0.717, 1.165) is 37.6 Å². The molecule has 29 heavy (non-hydrogen) atoms. The lowest BCUT2D eigenvalue weighted by Crippen LogP contribution is -2.27. The molecule has 3 heterocycles. The van der Waals surface area contributed by atoms with Gasteiger partial charge in [-0.3, -0.25) is 14.8 Å². The van der Waals surface area contributed by atoms with Gasteiger partial charge in [0.05, 0.1) is 5.69 Å². The predicted molar refractivity (Wildman–Crippen MR) is 118 cm³/mol. The Morgan fingerprint density at radius 2 is 1.86 bits per heavy atom. The first kappa shape index (κ1) is 21.2. The second-order valence-corrected chi connectivity index (χ2v) is 7.92. The van der Waals surface area contributed by atoms with Crippen LogP contribution < -0.4 is 5.56 Å². The molecule has 0 amide bonds. The van der Waals surface area contributed by atoms with Crippen molar-refractivity contribution in [3.05, 3.63) is 64.4 Å². The summed E-state index contributed by atoms with van der Waals surface area (Å²) in [7, 11) is 0. The molecular weight excluding hydrogens is 362 g/mol. The Hall–Kier alpha value is -2.47. The van der Waals surface area contributed by atoms with Gasteiger partial charge in [0, 0.05) is 19.0 Å². The van der Waals surface area contributed by atoms with Crippen LogP contribution >= 0.6 is 0 Å². The molecule has 156 valence electrons. The van der Waals surface area contributed by atoms with Crippen molar-refractivity contribution in [3.63, 3.8) is 0 Å². The molecule has 1 saturated heterocycles. The van der Waals surface area contributed by atoms with Gasteiger partial charge in [-0.2, -0.15) is 9.50 Å². The summed E-state index contributed by atoms with van der Waals surface area (Å²) in [4.78, 5) is 24.1. The van der Waals surface area contributed by atoms with E-state index < -0.39 is 0 Å². The van der Waals surface area contributed by atoms with Gasteiger partial charge in [0.15, 0.2) is 0 Å². The smallest absolute Gasteiger partial charge is 0.274 e. The summed E-state index contributed by atoms with van der Waals surface area (Å²) >= 11 is 0. The molecule has 3 rings (SSSR count). The third-order valence-electron chi connectivity index (χ3n) is 5.33. The highest BCUT2D eigenvalue weighted by Gasteiger charge is 2.12. The molecule has 1 fully saturated rings. The summed E-state index contributed by atoms with van der Waals surface area (Å²) in [5, 5.41) is 3.07. The van der Waals surface area contributed by atoms with Crippen molar-refractivity contribution in [1.82, 2.24) is 24.5 Å². The highest BCUT2D eigenvalue weighted by atomic mass is 16.1. The van der Waals surface area contributed by atoms with Gasteiger partial charge < -0.3 is 0 Å². The van der Waals surface area contributed by atoms with Crippen molar-refractivity contribution >= 4 is 5.78 Å². The van der Waals surface area contributed by atoms with Crippen LogP contribution in [0, 0.1) is 0 Å². The van der Waals surface area contributed by atoms with Gasteiger partial charge >= 0.3 is 0 Å². The van der Waals surface area contributed by atoms with Crippen LogP contribution in [-0.2, 0) is 13.0 Å². The lowest BCUT2D eigenvalue weighted by molar-refractivity contribution is 0.257. The number of rotatable bonds is 7. The van der Waals surface area contributed by atoms with Crippen LogP contribution in [0.2, 0.25) is 0 Å². The molecule has 0 radical (unpaired) electrons. The van der Waals surface area contributed by atoms with Gasteiger partial charge in [-0.25, -0.2) is 4.98 Å². The van der Waals surface area contributed by atoms with Gasteiger partial charge in [-0.1, -0.05) is 62.1 Å². The Morgan fingerprint density at radius 1 is 1.14 bits per heavy atom. The van der Waals surface area contributed by atoms with Gasteiger partial charge in [-0.05, 0) is 39.3 Å². The number of aromatic nitrogens is 4. The number of aromatic amines is 1. The maximum absolute atomic E-state index is 12.5. The lowest BCUT2D eigenvalue weighted by atomic mass is 10.1. The van der Waals surface area contributed by atoms with Gasteiger partial charge in [-0.15, -0.1) is 0 Å². The van der Waals surface area contributed by atoms with E-state index in [1.54, 1.807) is 12.1 Å². The maximum Gasteiger partial charge on any atom is 0.274 e. The highest BCUT2D eigenvalue weighted by Crippen LogP contribution is 2.13. The second-order valence-electron chi connectivity index (χ2n) is 7.92. The van der Waals surface area contributed by atoms with Crippen molar-refractivity contribution in [1.29, 1.82) is 0 Å². The molecule has 2 aromatic heterocycles. The number of allylic oxidation sites excluding steroid dienone is 5. The quantitative estimate of drug-likeness (QED) is 0.564. The van der Waals surface area contributed by atoms with Crippen molar-refractivity contribution in [3.8, 4) is 0 Å². The molecule has 0 aliphatic carbocycles. The average Bonchev–Trinajstić information content (AvgIpc) is 3.15. The number of fused-ring (bicyclic) bond motifs is 1. The largest absolute Gasteiger partial charge is 0.298 e. The maximum atomic E-state index is 12.5. The monoisotopic (exact) mass is 395 g/mol. The highest BCUT2D eigenvalue weighted by molar-refractivity contribution is 5.28. The van der Waals surface area contributed by atoms with Crippen LogP contribution in [0.3, 0.4) is 0 Å². The third kappa shape index (κ3) is 6.53. The van der Waals surface area contributed by atoms with E-state index in [9.17, 15) is 4.79 Å². The number of hydrogen-bond donors (Lipinski definition) is 1. The van der Waals surface area contributed by atoms with Crippen LogP contribution in [0.25, 0.3) is 5.78 Å². The van der Waals surface area contributed by atoms with E-state index in [0.29, 0.717) is 12.2 Å². The SMILES string of the molecule is C=C/C=C(/C)C/C=C\Cc1nc2nc(CN3CCCCCCCC3)cc(=O)n2[nH]1. The lowest BCUT2D eigenvalue weighted by Gasteiger charge is -2.20. The number of hydrogen-bond acceptors (Lipinski definition) is 4. The third-order valence-corrected chi connectivity index (χ3v) is 5.33. The molecule has 0 aromatic carbocycles. The van der Waals surface area contributed by atoms with E-state index in [2.05, 4.69) is 45.6 Å². The zero-order valence-corrected chi connectivity index (χ0v) is 17.6. The Labute approximate surface area is 173 Å². The fraction of sp³-hybridized carbons (Fsp3) is 0.522. The van der Waals surface area contributed by atoms with Crippen LogP contribution in [0.15, 0.2) is 47.3 Å². The van der Waals surface area contributed by atoms with E-state index in [4.69, 9.17) is 0 Å². The summed E-state index contributed by atoms with van der Waals surface area (Å²) in [6.07, 6.45) is 17.2. The Bertz CT molecular complexity index is 911. The fourth-order valence-corrected chi connectivity index (χ4v) is 3.75. The summed E-state index contributed by atoms with van der Waals surface area (Å²) in [6.45, 7) is 8.67. The topological polar surface area (TPSA) is 66.3 Å². The predicted octanol–water partition coefficient (Wildman–Crippen LogP) is 4.19. The molecule has 0 unspecified atom stereocenters. The minimum atomic E-state index is -0.0956. The molecule has 0 bridgehead atoms. The normalized spacial score (nSPS) is 17.3. The molecule has 2 aromatic rings. The first-order valence-electron chi connectivity index (χ1n) is 10.8. The molecule has 0 spiro atoms. The van der Waals surface area contributed by atoms with Crippen LogP contribution in [-0.4, -0.2) is 37.6 Å². The molecule has 0 atom stereocenters. The summed E-state index contributed by atoms with van der Waals surface area (Å²) in [6, 6.07) is 1.64. The summed E-state index contributed by atoms with van der Waals surface area (Å²) in [5.74, 6) is 1.21. The average molecular weight is 396 g/mol. The van der Waals surface area contributed by atoms with Crippen LogP contribution in [0.4, 0.5) is 0 Å². The number of nitrogens with zero attached hydrogens (tertiary/aromatic N) is 4.